The average Bonchev–Trinajstić information content (AvgIpc) is 2.22. The zero-order chi connectivity index (χ0) is 12.0. The molecule has 1 N–H and O–H groups in total. The summed E-state index contributed by atoms with van der Waals surface area (Å²) >= 11 is 0. The second-order valence-corrected chi connectivity index (χ2v) is 4.79. The number of hydrogen-bond donors (Lipinski definition) is 1. The van der Waals surface area contributed by atoms with E-state index in [-0.39, 0.29) is 6.03 Å². The van der Waals surface area contributed by atoms with Gasteiger partial charge in [0.2, 0.25) is 0 Å². The van der Waals surface area contributed by atoms with Crippen molar-refractivity contribution in [3.63, 3.8) is 0 Å². The van der Waals surface area contributed by atoms with Gasteiger partial charge in [-0.2, -0.15) is 5.26 Å². The number of carbonyl (C=O) groups excluding carboxylic acids is 1. The molecule has 1 saturated carbocycles. The molecule has 90 valence electrons. The number of amides is 2. The summed E-state index contributed by atoms with van der Waals surface area (Å²) in [5, 5.41) is 12.2. The van der Waals surface area contributed by atoms with E-state index < -0.39 is 5.54 Å². The van der Waals surface area contributed by atoms with Crippen molar-refractivity contribution in [2.75, 3.05) is 14.1 Å². The molecule has 0 radical (unpaired) electrons. The highest BCUT2D eigenvalue weighted by Crippen LogP contribution is 2.25. The fraction of sp³-hybridized carbons (Fsp3) is 0.833. The Balaban J connectivity index is 2.66. The van der Waals surface area contributed by atoms with Gasteiger partial charge in [0.25, 0.3) is 0 Å². The third-order valence-electron chi connectivity index (χ3n) is 3.17. The summed E-state index contributed by atoms with van der Waals surface area (Å²) in [6.45, 7) is 0. The number of nitriles is 1. The van der Waals surface area contributed by atoms with Crippen molar-refractivity contribution in [3.8, 4) is 6.07 Å². The van der Waals surface area contributed by atoms with E-state index in [1.165, 1.54) is 24.2 Å². The summed E-state index contributed by atoms with van der Waals surface area (Å²) in [5.41, 5.74) is -0.637. The Morgan fingerprint density at radius 3 is 2.12 bits per heavy atom. The molecule has 1 fully saturated rings. The van der Waals surface area contributed by atoms with Crippen LogP contribution in [0.3, 0.4) is 0 Å². The van der Waals surface area contributed by atoms with Gasteiger partial charge in [-0.05, 0) is 12.8 Å². The lowest BCUT2D eigenvalue weighted by atomic mass is 9.85. The van der Waals surface area contributed by atoms with E-state index in [1.54, 1.807) is 14.1 Å². The molecule has 1 rings (SSSR count). The van der Waals surface area contributed by atoms with Crippen molar-refractivity contribution in [2.24, 2.45) is 0 Å². The van der Waals surface area contributed by atoms with E-state index >= 15 is 0 Å². The Morgan fingerprint density at radius 1 is 1.19 bits per heavy atom. The van der Waals surface area contributed by atoms with E-state index in [4.69, 9.17) is 0 Å². The van der Waals surface area contributed by atoms with Gasteiger partial charge in [0.1, 0.15) is 5.54 Å². The van der Waals surface area contributed by atoms with Gasteiger partial charge in [-0.25, -0.2) is 4.79 Å². The molecule has 0 heterocycles. The normalized spacial score (nSPS) is 20.1. The molecule has 0 unspecified atom stereocenters. The molecule has 2 amide bonds. The number of nitrogens with one attached hydrogen (secondary N) is 1. The first-order chi connectivity index (χ1) is 7.59. The highest BCUT2D eigenvalue weighted by Gasteiger charge is 2.32. The lowest BCUT2D eigenvalue weighted by Gasteiger charge is -2.30. The first kappa shape index (κ1) is 12.8. The lowest BCUT2D eigenvalue weighted by molar-refractivity contribution is 0.202. The van der Waals surface area contributed by atoms with Crippen LogP contribution in [-0.2, 0) is 0 Å². The van der Waals surface area contributed by atoms with Crippen LogP contribution in [0.4, 0.5) is 4.79 Å². The Labute approximate surface area is 97.6 Å². The van der Waals surface area contributed by atoms with Crippen molar-refractivity contribution in [1.29, 1.82) is 5.26 Å². The Bertz CT molecular complexity index is 272. The van der Waals surface area contributed by atoms with E-state index in [2.05, 4.69) is 11.4 Å². The molecule has 0 atom stereocenters. The Morgan fingerprint density at radius 2 is 1.69 bits per heavy atom. The topological polar surface area (TPSA) is 56.1 Å². The van der Waals surface area contributed by atoms with Crippen LogP contribution in [0.15, 0.2) is 0 Å². The largest absolute Gasteiger partial charge is 0.331 e. The maximum atomic E-state index is 11.6. The zero-order valence-electron chi connectivity index (χ0n) is 10.3. The molecule has 1 aliphatic rings. The second kappa shape index (κ2) is 5.74. The number of urea groups is 1. The van der Waals surface area contributed by atoms with Crippen LogP contribution in [0, 0.1) is 11.3 Å². The van der Waals surface area contributed by atoms with Gasteiger partial charge in [-0.3, -0.25) is 0 Å². The quantitative estimate of drug-likeness (QED) is 0.741. The van der Waals surface area contributed by atoms with Crippen molar-refractivity contribution in [1.82, 2.24) is 10.2 Å². The van der Waals surface area contributed by atoms with Gasteiger partial charge in [0, 0.05) is 14.1 Å². The highest BCUT2D eigenvalue weighted by molar-refractivity contribution is 5.75. The first-order valence-corrected chi connectivity index (χ1v) is 6.00. The molecule has 0 bridgehead atoms. The third kappa shape index (κ3) is 3.41. The van der Waals surface area contributed by atoms with Crippen LogP contribution >= 0.6 is 0 Å². The second-order valence-electron chi connectivity index (χ2n) is 4.79. The van der Waals surface area contributed by atoms with Gasteiger partial charge in [0.15, 0.2) is 0 Å². The summed E-state index contributed by atoms with van der Waals surface area (Å²) in [4.78, 5) is 13.1. The third-order valence-corrected chi connectivity index (χ3v) is 3.17. The maximum absolute atomic E-state index is 11.6. The maximum Gasteiger partial charge on any atom is 0.318 e. The van der Waals surface area contributed by atoms with Gasteiger partial charge in [-0.1, -0.05) is 32.1 Å². The van der Waals surface area contributed by atoms with E-state index in [9.17, 15) is 10.1 Å². The minimum atomic E-state index is -0.637. The molecule has 0 aromatic rings. The van der Waals surface area contributed by atoms with Crippen LogP contribution in [-0.4, -0.2) is 30.6 Å². The summed E-state index contributed by atoms with van der Waals surface area (Å²) in [7, 11) is 3.40. The molecular weight excluding hydrogens is 202 g/mol. The van der Waals surface area contributed by atoms with Crippen LogP contribution < -0.4 is 5.32 Å². The summed E-state index contributed by atoms with van der Waals surface area (Å²) in [6.07, 6.45) is 7.21. The smallest absolute Gasteiger partial charge is 0.318 e. The van der Waals surface area contributed by atoms with Crippen LogP contribution in [0.5, 0.6) is 0 Å². The van der Waals surface area contributed by atoms with E-state index in [1.807, 2.05) is 0 Å². The van der Waals surface area contributed by atoms with E-state index in [0.717, 1.165) is 25.7 Å². The first-order valence-electron chi connectivity index (χ1n) is 6.00. The minimum absolute atomic E-state index is 0.165. The monoisotopic (exact) mass is 223 g/mol. The zero-order valence-corrected chi connectivity index (χ0v) is 10.3. The Hall–Kier alpha value is -1.24. The summed E-state index contributed by atoms with van der Waals surface area (Å²) in [6, 6.07) is 2.15. The molecule has 0 aromatic heterocycles. The van der Waals surface area contributed by atoms with Crippen LogP contribution in [0.25, 0.3) is 0 Å². The van der Waals surface area contributed by atoms with Gasteiger partial charge in [-0.15, -0.1) is 0 Å². The molecule has 1 aliphatic carbocycles. The SMILES string of the molecule is CN(C)C(=O)NC1(C#N)CCCCCCC1. The Kier molecular flexibility index (Phi) is 4.60. The standard InChI is InChI=1S/C12H21N3O/c1-15(2)11(16)14-12(10-13)8-6-4-3-5-7-9-12/h3-9H2,1-2H3,(H,14,16). The van der Waals surface area contributed by atoms with Crippen LogP contribution in [0.2, 0.25) is 0 Å². The van der Waals surface area contributed by atoms with E-state index in [0.29, 0.717) is 0 Å². The number of rotatable bonds is 1. The fourth-order valence-corrected chi connectivity index (χ4v) is 2.09. The van der Waals surface area contributed by atoms with Gasteiger partial charge >= 0.3 is 6.03 Å². The number of nitrogens with zero attached hydrogens (tertiary/aromatic N) is 2. The van der Waals surface area contributed by atoms with Crippen molar-refractivity contribution in [3.05, 3.63) is 0 Å². The summed E-state index contributed by atoms with van der Waals surface area (Å²) < 4.78 is 0. The minimum Gasteiger partial charge on any atom is -0.331 e. The molecule has 4 nitrogen and oxygen atoms in total. The lowest BCUT2D eigenvalue weighted by Crippen LogP contribution is -2.51. The molecule has 0 saturated heterocycles. The average molecular weight is 223 g/mol. The fourth-order valence-electron chi connectivity index (χ4n) is 2.09. The predicted molar refractivity (Wildman–Crippen MR) is 62.9 cm³/mol. The molecule has 0 spiro atoms. The molecular formula is C12H21N3O. The van der Waals surface area contributed by atoms with Crippen molar-refractivity contribution < 1.29 is 4.79 Å². The van der Waals surface area contributed by atoms with Crippen molar-refractivity contribution in [2.45, 2.75) is 50.5 Å². The summed E-state index contributed by atoms with van der Waals surface area (Å²) in [5.74, 6) is 0. The van der Waals surface area contributed by atoms with Gasteiger partial charge in [0.05, 0.1) is 6.07 Å². The molecule has 4 heteroatoms. The number of carbonyl (C=O) groups is 1. The molecule has 0 aromatic carbocycles. The van der Waals surface area contributed by atoms with Crippen molar-refractivity contribution >= 4 is 6.03 Å². The number of hydrogen-bond acceptors (Lipinski definition) is 2. The molecule has 16 heavy (non-hydrogen) atoms. The molecule has 0 aliphatic heterocycles. The predicted octanol–water partition coefficient (Wildman–Crippen LogP) is 2.26. The van der Waals surface area contributed by atoms with Gasteiger partial charge < -0.3 is 10.2 Å². The van der Waals surface area contributed by atoms with Crippen LogP contribution in [0.1, 0.15) is 44.9 Å². The highest BCUT2D eigenvalue weighted by atomic mass is 16.2.